The fourth-order valence-electron chi connectivity index (χ4n) is 6.86. The quantitative estimate of drug-likeness (QED) is 0.679. The first-order valence-corrected chi connectivity index (χ1v) is 9.91. The van der Waals surface area contributed by atoms with Crippen LogP contribution in [0.15, 0.2) is 23.0 Å². The standard InChI is InChI=1S/C21H27F3O3/c1-19-8-7-15-12(14(19)5-6-17(19)26)4-3-11-9-16(25)13(10-20(11,15)2)18(27)21(22,23)24/h9,12,14-15,17,25-26H,3-8,10H2,1-2H3/t12-,14-,15-,17-,19+,20+/m1/s1. The molecule has 150 valence electrons. The summed E-state index contributed by atoms with van der Waals surface area (Å²) in [5.74, 6) is -1.52. The molecular formula is C21H27F3O3. The number of aliphatic hydroxyl groups excluding tert-OH is 2. The van der Waals surface area contributed by atoms with Crippen LogP contribution in [-0.4, -0.2) is 28.3 Å². The van der Waals surface area contributed by atoms with Gasteiger partial charge in [0.1, 0.15) is 5.76 Å². The Morgan fingerprint density at radius 3 is 2.52 bits per heavy atom. The third-order valence-electron chi connectivity index (χ3n) is 8.38. The number of hydrogen-bond acceptors (Lipinski definition) is 3. The van der Waals surface area contributed by atoms with Gasteiger partial charge < -0.3 is 10.2 Å². The van der Waals surface area contributed by atoms with E-state index in [0.717, 1.165) is 44.1 Å². The van der Waals surface area contributed by atoms with E-state index in [4.69, 9.17) is 0 Å². The normalized spacial score (nSPS) is 44.3. The summed E-state index contributed by atoms with van der Waals surface area (Å²) in [7, 11) is 0. The van der Waals surface area contributed by atoms with Crippen LogP contribution in [0.3, 0.4) is 0 Å². The maximum absolute atomic E-state index is 13.0. The highest BCUT2D eigenvalue weighted by atomic mass is 19.4. The van der Waals surface area contributed by atoms with E-state index in [0.29, 0.717) is 11.8 Å². The third-order valence-corrected chi connectivity index (χ3v) is 8.38. The van der Waals surface area contributed by atoms with Gasteiger partial charge in [0.05, 0.1) is 6.10 Å². The second kappa shape index (κ2) is 5.85. The maximum atomic E-state index is 13.0. The van der Waals surface area contributed by atoms with Crippen LogP contribution in [0.2, 0.25) is 0 Å². The Morgan fingerprint density at radius 2 is 1.85 bits per heavy atom. The second-order valence-corrected chi connectivity index (χ2v) is 9.51. The number of fused-ring (bicyclic) bond motifs is 5. The number of rotatable bonds is 1. The maximum Gasteiger partial charge on any atom is 0.454 e. The molecular weight excluding hydrogens is 357 g/mol. The SMILES string of the molecule is C[C@]12CC[C@@H]3[C@H](CCC4=CC(O)=C(C(=O)C(F)(F)F)C[C@@]43C)[C@H]1CC[C@H]2O. The van der Waals surface area contributed by atoms with E-state index in [2.05, 4.69) is 6.92 Å². The van der Waals surface area contributed by atoms with Gasteiger partial charge in [-0.25, -0.2) is 0 Å². The molecule has 3 fully saturated rings. The summed E-state index contributed by atoms with van der Waals surface area (Å²) in [6, 6.07) is 0. The molecule has 4 aliphatic rings. The Bertz CT molecular complexity index is 737. The monoisotopic (exact) mass is 384 g/mol. The largest absolute Gasteiger partial charge is 0.508 e. The molecule has 0 saturated heterocycles. The lowest BCUT2D eigenvalue weighted by molar-refractivity contribution is -0.167. The molecule has 6 heteroatoms. The number of carbonyl (C=O) groups excluding carboxylic acids is 1. The fourth-order valence-corrected chi connectivity index (χ4v) is 6.86. The Balaban J connectivity index is 1.69. The van der Waals surface area contributed by atoms with E-state index < -0.39 is 28.7 Å². The number of carbonyl (C=O) groups is 1. The molecule has 0 aromatic carbocycles. The van der Waals surface area contributed by atoms with Crippen LogP contribution in [0, 0.1) is 28.6 Å². The number of Topliss-reactive ketones (excluding diaryl/α,β-unsaturated/α-hetero) is 1. The third kappa shape index (κ3) is 2.62. The molecule has 4 aliphatic carbocycles. The Hall–Kier alpha value is -1.30. The van der Waals surface area contributed by atoms with Gasteiger partial charge in [-0.3, -0.25) is 4.79 Å². The minimum absolute atomic E-state index is 0.0455. The van der Waals surface area contributed by atoms with Gasteiger partial charge in [0.2, 0.25) is 0 Å². The Kier molecular flexibility index (Phi) is 4.12. The zero-order valence-corrected chi connectivity index (χ0v) is 15.8. The van der Waals surface area contributed by atoms with Crippen LogP contribution < -0.4 is 0 Å². The van der Waals surface area contributed by atoms with E-state index >= 15 is 0 Å². The lowest BCUT2D eigenvalue weighted by Gasteiger charge is -2.57. The van der Waals surface area contributed by atoms with Gasteiger partial charge in [0.15, 0.2) is 0 Å². The number of aliphatic hydroxyl groups is 2. The second-order valence-electron chi connectivity index (χ2n) is 9.51. The molecule has 0 radical (unpaired) electrons. The fraction of sp³-hybridized carbons (Fsp3) is 0.762. The molecule has 0 aliphatic heterocycles. The molecule has 0 amide bonds. The average Bonchev–Trinajstić information content (AvgIpc) is 2.89. The van der Waals surface area contributed by atoms with E-state index in [-0.39, 0.29) is 23.9 Å². The molecule has 0 unspecified atom stereocenters. The van der Waals surface area contributed by atoms with Gasteiger partial charge in [-0.15, -0.1) is 0 Å². The Morgan fingerprint density at radius 1 is 1.15 bits per heavy atom. The van der Waals surface area contributed by atoms with Crippen LogP contribution >= 0.6 is 0 Å². The van der Waals surface area contributed by atoms with Crippen molar-refractivity contribution >= 4 is 5.78 Å². The predicted molar refractivity (Wildman–Crippen MR) is 93.8 cm³/mol. The van der Waals surface area contributed by atoms with Crippen LogP contribution in [0.1, 0.15) is 58.8 Å². The van der Waals surface area contributed by atoms with Crippen LogP contribution in [-0.2, 0) is 4.79 Å². The van der Waals surface area contributed by atoms with Gasteiger partial charge >= 0.3 is 6.18 Å². The first-order chi connectivity index (χ1) is 12.5. The number of alkyl halides is 3. The molecule has 2 N–H and O–H groups in total. The summed E-state index contributed by atoms with van der Waals surface area (Å²) in [4.78, 5) is 11.9. The summed E-state index contributed by atoms with van der Waals surface area (Å²) in [6.07, 6.45) is 1.24. The smallest absolute Gasteiger partial charge is 0.454 e. The van der Waals surface area contributed by atoms with E-state index in [1.165, 1.54) is 6.08 Å². The van der Waals surface area contributed by atoms with E-state index in [1.807, 2.05) is 6.92 Å². The first kappa shape index (κ1) is 19.0. The minimum Gasteiger partial charge on any atom is -0.508 e. The number of hydrogen-bond donors (Lipinski definition) is 2. The summed E-state index contributed by atoms with van der Waals surface area (Å²) in [6.45, 7) is 4.13. The zero-order valence-electron chi connectivity index (χ0n) is 15.8. The van der Waals surface area contributed by atoms with Gasteiger partial charge in [0, 0.05) is 5.57 Å². The number of ketones is 1. The van der Waals surface area contributed by atoms with Gasteiger partial charge in [-0.05, 0) is 79.6 Å². The number of halogens is 3. The lowest BCUT2D eigenvalue weighted by Crippen LogP contribution is -2.51. The van der Waals surface area contributed by atoms with Crippen molar-refractivity contribution in [3.8, 4) is 0 Å². The molecule has 3 nitrogen and oxygen atoms in total. The van der Waals surface area contributed by atoms with Crippen molar-refractivity contribution in [1.82, 2.24) is 0 Å². The predicted octanol–water partition coefficient (Wildman–Crippen LogP) is 4.86. The van der Waals surface area contributed by atoms with Crippen LogP contribution in [0.5, 0.6) is 0 Å². The van der Waals surface area contributed by atoms with Gasteiger partial charge in [-0.2, -0.15) is 13.2 Å². The first-order valence-electron chi connectivity index (χ1n) is 9.91. The van der Waals surface area contributed by atoms with Gasteiger partial charge in [-0.1, -0.05) is 19.4 Å². The molecule has 0 heterocycles. The summed E-state index contributed by atoms with van der Waals surface area (Å²) in [5, 5.41) is 20.6. The van der Waals surface area contributed by atoms with Crippen molar-refractivity contribution < 1.29 is 28.2 Å². The van der Waals surface area contributed by atoms with Crippen molar-refractivity contribution in [2.75, 3.05) is 0 Å². The molecule has 3 saturated carbocycles. The van der Waals surface area contributed by atoms with Crippen molar-refractivity contribution in [3.05, 3.63) is 23.0 Å². The van der Waals surface area contributed by atoms with Crippen molar-refractivity contribution in [2.45, 2.75) is 71.1 Å². The average molecular weight is 384 g/mol. The molecule has 0 aromatic rings. The van der Waals surface area contributed by atoms with Crippen LogP contribution in [0.25, 0.3) is 0 Å². The highest BCUT2D eigenvalue weighted by Gasteiger charge is 2.59. The molecule has 0 spiro atoms. The molecule has 27 heavy (non-hydrogen) atoms. The van der Waals surface area contributed by atoms with Crippen molar-refractivity contribution in [1.29, 1.82) is 0 Å². The van der Waals surface area contributed by atoms with E-state index in [1.54, 1.807) is 0 Å². The molecule has 6 atom stereocenters. The van der Waals surface area contributed by atoms with Crippen molar-refractivity contribution in [3.63, 3.8) is 0 Å². The summed E-state index contributed by atoms with van der Waals surface area (Å²) >= 11 is 0. The molecule has 4 rings (SSSR count). The Labute approximate surface area is 157 Å². The van der Waals surface area contributed by atoms with Gasteiger partial charge in [0.25, 0.3) is 5.78 Å². The molecule has 0 aromatic heterocycles. The minimum atomic E-state index is -4.97. The highest BCUT2D eigenvalue weighted by molar-refractivity contribution is 6.00. The van der Waals surface area contributed by atoms with Crippen LogP contribution in [0.4, 0.5) is 13.2 Å². The highest BCUT2D eigenvalue weighted by Crippen LogP contribution is 2.65. The molecule has 0 bridgehead atoms. The van der Waals surface area contributed by atoms with E-state index in [9.17, 15) is 28.2 Å². The summed E-state index contributed by atoms with van der Waals surface area (Å²) < 4.78 is 39.0. The topological polar surface area (TPSA) is 57.5 Å². The zero-order chi connectivity index (χ0) is 19.8. The lowest BCUT2D eigenvalue weighted by atomic mass is 9.47. The van der Waals surface area contributed by atoms with Crippen molar-refractivity contribution in [2.24, 2.45) is 28.6 Å². The number of allylic oxidation sites excluding steroid dienone is 3. The summed E-state index contributed by atoms with van der Waals surface area (Å²) in [5.41, 5.74) is -0.146.